The van der Waals surface area contributed by atoms with Gasteiger partial charge in [-0.1, -0.05) is 37.1 Å². The van der Waals surface area contributed by atoms with Gasteiger partial charge in [0.15, 0.2) is 0 Å². The van der Waals surface area contributed by atoms with Crippen LogP contribution in [0.2, 0.25) is 0 Å². The van der Waals surface area contributed by atoms with Crippen molar-refractivity contribution in [2.45, 2.75) is 52.9 Å². The standard InChI is InChI=1S/C12H22/c1-4-6-8-9-11-12(3)10-7-5-2/h4,6,10H,5,7-9,11H2,1-3H3. The Bertz CT molecular complexity index is 140. The van der Waals surface area contributed by atoms with Gasteiger partial charge in [-0.05, 0) is 39.5 Å². The van der Waals surface area contributed by atoms with Gasteiger partial charge in [0.1, 0.15) is 0 Å². The fraction of sp³-hybridized carbons (Fsp3) is 0.667. The molecule has 0 unspecified atom stereocenters. The van der Waals surface area contributed by atoms with E-state index in [2.05, 4.69) is 39.0 Å². The number of hydrogen-bond donors (Lipinski definition) is 0. The molecule has 0 aliphatic carbocycles. The summed E-state index contributed by atoms with van der Waals surface area (Å²) in [5.74, 6) is 0. The summed E-state index contributed by atoms with van der Waals surface area (Å²) in [6.45, 7) is 6.55. The summed E-state index contributed by atoms with van der Waals surface area (Å²) in [4.78, 5) is 0. The molecule has 0 fully saturated rings. The zero-order valence-electron chi connectivity index (χ0n) is 8.77. The smallest absolute Gasteiger partial charge is 0.0320 e. The average Bonchev–Trinajstić information content (AvgIpc) is 2.09. The topological polar surface area (TPSA) is 0 Å². The van der Waals surface area contributed by atoms with Crippen molar-refractivity contribution in [3.8, 4) is 0 Å². The molecular formula is C12H22. The Balaban J connectivity index is 3.36. The van der Waals surface area contributed by atoms with E-state index in [0.717, 1.165) is 0 Å². The van der Waals surface area contributed by atoms with Crippen molar-refractivity contribution in [1.29, 1.82) is 0 Å². The van der Waals surface area contributed by atoms with E-state index in [0.29, 0.717) is 0 Å². The molecule has 0 saturated heterocycles. The molecule has 0 nitrogen and oxygen atoms in total. The molecule has 0 saturated carbocycles. The van der Waals surface area contributed by atoms with E-state index in [1.165, 1.54) is 32.1 Å². The van der Waals surface area contributed by atoms with Crippen LogP contribution in [-0.4, -0.2) is 0 Å². The Morgan fingerprint density at radius 2 is 2.00 bits per heavy atom. The van der Waals surface area contributed by atoms with Gasteiger partial charge in [0, 0.05) is 0 Å². The van der Waals surface area contributed by atoms with Crippen molar-refractivity contribution in [1.82, 2.24) is 0 Å². The normalized spacial score (nSPS) is 12.8. The molecule has 0 aromatic rings. The van der Waals surface area contributed by atoms with E-state index in [-0.39, 0.29) is 0 Å². The molecule has 0 N–H and O–H groups in total. The van der Waals surface area contributed by atoms with Crippen molar-refractivity contribution in [3.05, 3.63) is 23.8 Å². The molecule has 0 heterocycles. The predicted molar refractivity (Wildman–Crippen MR) is 57.3 cm³/mol. The largest absolute Gasteiger partial charge is 0.0917 e. The van der Waals surface area contributed by atoms with Crippen LogP contribution in [-0.2, 0) is 0 Å². The third-order valence-electron chi connectivity index (χ3n) is 1.96. The van der Waals surface area contributed by atoms with E-state index >= 15 is 0 Å². The first-order valence-corrected chi connectivity index (χ1v) is 5.08. The minimum atomic E-state index is 1.23. The van der Waals surface area contributed by atoms with E-state index in [1.807, 2.05) is 0 Å². The molecule has 0 spiro atoms. The van der Waals surface area contributed by atoms with Crippen LogP contribution in [0, 0.1) is 0 Å². The van der Waals surface area contributed by atoms with E-state index in [9.17, 15) is 0 Å². The highest BCUT2D eigenvalue weighted by Crippen LogP contribution is 2.08. The predicted octanol–water partition coefficient (Wildman–Crippen LogP) is 4.48. The second-order valence-electron chi connectivity index (χ2n) is 3.30. The summed E-state index contributed by atoms with van der Waals surface area (Å²) in [6.07, 6.45) is 13.1. The molecular weight excluding hydrogens is 144 g/mol. The quantitative estimate of drug-likeness (QED) is 0.403. The maximum atomic E-state index is 2.37. The zero-order chi connectivity index (χ0) is 9.23. The Kier molecular flexibility index (Phi) is 8.20. The lowest BCUT2D eigenvalue weighted by atomic mass is 10.1. The molecule has 0 heteroatoms. The molecule has 0 aromatic heterocycles. The van der Waals surface area contributed by atoms with Crippen LogP contribution in [0.25, 0.3) is 0 Å². The van der Waals surface area contributed by atoms with Crippen LogP contribution in [0.1, 0.15) is 52.9 Å². The molecule has 0 rings (SSSR count). The fourth-order valence-electron chi connectivity index (χ4n) is 1.16. The van der Waals surface area contributed by atoms with Crippen LogP contribution in [0.3, 0.4) is 0 Å². The maximum absolute atomic E-state index is 2.37. The lowest BCUT2D eigenvalue weighted by Gasteiger charge is -1.98. The molecule has 0 atom stereocenters. The van der Waals surface area contributed by atoms with Crippen molar-refractivity contribution in [2.24, 2.45) is 0 Å². The second kappa shape index (κ2) is 8.58. The monoisotopic (exact) mass is 166 g/mol. The van der Waals surface area contributed by atoms with Gasteiger partial charge in [-0.3, -0.25) is 0 Å². The maximum Gasteiger partial charge on any atom is -0.0320 e. The summed E-state index contributed by atoms with van der Waals surface area (Å²) in [6, 6.07) is 0. The molecule has 0 amide bonds. The fourth-order valence-corrected chi connectivity index (χ4v) is 1.16. The lowest BCUT2D eigenvalue weighted by molar-refractivity contribution is 0.820. The highest BCUT2D eigenvalue weighted by atomic mass is 13.9. The second-order valence-corrected chi connectivity index (χ2v) is 3.30. The molecule has 0 radical (unpaired) electrons. The zero-order valence-corrected chi connectivity index (χ0v) is 8.77. The lowest BCUT2D eigenvalue weighted by Crippen LogP contribution is -1.78. The van der Waals surface area contributed by atoms with Crippen LogP contribution >= 0.6 is 0 Å². The van der Waals surface area contributed by atoms with Crippen LogP contribution in [0.15, 0.2) is 23.8 Å². The Morgan fingerprint density at radius 1 is 1.25 bits per heavy atom. The SMILES string of the molecule is CC=CCCCC(C)=CCCC. The first-order valence-electron chi connectivity index (χ1n) is 5.08. The van der Waals surface area contributed by atoms with E-state index in [4.69, 9.17) is 0 Å². The van der Waals surface area contributed by atoms with Gasteiger partial charge in [0.2, 0.25) is 0 Å². The first kappa shape index (κ1) is 11.5. The van der Waals surface area contributed by atoms with Gasteiger partial charge in [-0.15, -0.1) is 0 Å². The molecule has 12 heavy (non-hydrogen) atoms. The third-order valence-corrected chi connectivity index (χ3v) is 1.96. The van der Waals surface area contributed by atoms with Gasteiger partial charge in [-0.2, -0.15) is 0 Å². The van der Waals surface area contributed by atoms with Crippen LogP contribution < -0.4 is 0 Å². The molecule has 0 bridgehead atoms. The van der Waals surface area contributed by atoms with Crippen LogP contribution in [0.5, 0.6) is 0 Å². The van der Waals surface area contributed by atoms with Gasteiger partial charge >= 0.3 is 0 Å². The molecule has 0 aromatic carbocycles. The third kappa shape index (κ3) is 7.59. The minimum Gasteiger partial charge on any atom is -0.0917 e. The molecule has 0 aliphatic heterocycles. The number of allylic oxidation sites excluding steroid dienone is 4. The molecule has 0 aliphatic rings. The van der Waals surface area contributed by atoms with Crippen LogP contribution in [0.4, 0.5) is 0 Å². The van der Waals surface area contributed by atoms with Gasteiger partial charge in [0.25, 0.3) is 0 Å². The summed E-state index contributed by atoms with van der Waals surface area (Å²) < 4.78 is 0. The number of unbranched alkanes of at least 4 members (excludes halogenated alkanes) is 2. The Labute approximate surface area is 77.4 Å². The van der Waals surface area contributed by atoms with Crippen molar-refractivity contribution >= 4 is 0 Å². The Morgan fingerprint density at radius 3 is 2.58 bits per heavy atom. The molecule has 70 valence electrons. The summed E-state index contributed by atoms with van der Waals surface area (Å²) in [7, 11) is 0. The number of hydrogen-bond acceptors (Lipinski definition) is 0. The average molecular weight is 166 g/mol. The highest BCUT2D eigenvalue weighted by molar-refractivity contribution is 4.97. The van der Waals surface area contributed by atoms with Crippen molar-refractivity contribution in [2.75, 3.05) is 0 Å². The summed E-state index contributed by atoms with van der Waals surface area (Å²) >= 11 is 0. The number of rotatable bonds is 6. The van der Waals surface area contributed by atoms with E-state index < -0.39 is 0 Å². The van der Waals surface area contributed by atoms with Gasteiger partial charge in [0.05, 0.1) is 0 Å². The van der Waals surface area contributed by atoms with Crippen molar-refractivity contribution < 1.29 is 0 Å². The minimum absolute atomic E-state index is 1.23. The highest BCUT2D eigenvalue weighted by Gasteiger charge is 1.88. The summed E-state index contributed by atoms with van der Waals surface area (Å²) in [5.41, 5.74) is 1.56. The van der Waals surface area contributed by atoms with Crippen molar-refractivity contribution in [3.63, 3.8) is 0 Å². The van der Waals surface area contributed by atoms with Gasteiger partial charge in [-0.25, -0.2) is 0 Å². The van der Waals surface area contributed by atoms with E-state index in [1.54, 1.807) is 5.57 Å². The van der Waals surface area contributed by atoms with Gasteiger partial charge < -0.3 is 0 Å². The summed E-state index contributed by atoms with van der Waals surface area (Å²) in [5, 5.41) is 0. The first-order chi connectivity index (χ1) is 5.81. The Hall–Kier alpha value is -0.520.